The molecule has 19 heavy (non-hydrogen) atoms. The number of carbonyl (C=O) groups is 1. The maximum atomic E-state index is 12.2. The maximum Gasteiger partial charge on any atom is 0.156 e. The van der Waals surface area contributed by atoms with Crippen molar-refractivity contribution in [1.29, 1.82) is 5.26 Å². The zero-order chi connectivity index (χ0) is 13.5. The van der Waals surface area contributed by atoms with Crippen LogP contribution < -0.4 is 0 Å². The normalized spacial score (nSPS) is 17.6. The van der Waals surface area contributed by atoms with Gasteiger partial charge in [0.25, 0.3) is 0 Å². The van der Waals surface area contributed by atoms with Crippen LogP contribution in [0, 0.1) is 17.2 Å². The zero-order valence-corrected chi connectivity index (χ0v) is 11.2. The van der Waals surface area contributed by atoms with Crippen LogP contribution in [0.4, 0.5) is 0 Å². The van der Waals surface area contributed by atoms with E-state index in [0.29, 0.717) is 18.0 Å². The first-order chi connectivity index (χ1) is 9.31. The fourth-order valence-corrected chi connectivity index (χ4v) is 2.82. The van der Waals surface area contributed by atoms with Crippen LogP contribution in [-0.4, -0.2) is 10.8 Å². The number of Topliss-reactive ketones (excluding diaryl/α,β-unsaturated/α-hetero) is 1. The van der Waals surface area contributed by atoms with Crippen LogP contribution in [0.2, 0.25) is 0 Å². The van der Waals surface area contributed by atoms with Crippen LogP contribution in [-0.2, 0) is 4.79 Å². The molecule has 0 unspecified atom stereocenters. The Hall–Kier alpha value is -1.69. The van der Waals surface area contributed by atoms with Crippen LogP contribution in [0.3, 0.4) is 0 Å². The standard InChI is InChI=1S/C16H20N2O/c17-12-14(15-8-4-5-11-18-15)16(19)10-9-13-6-2-1-3-7-13/h4-5,8,11,13-14H,1-3,6-7,9-10H2/t14-/m1/s1. The van der Waals surface area contributed by atoms with E-state index in [1.807, 2.05) is 6.07 Å². The molecular formula is C16H20N2O. The van der Waals surface area contributed by atoms with Crippen LogP contribution in [0.25, 0.3) is 0 Å². The summed E-state index contributed by atoms with van der Waals surface area (Å²) in [6, 6.07) is 7.47. The summed E-state index contributed by atoms with van der Waals surface area (Å²) in [5.74, 6) is 0.0114. The first kappa shape index (κ1) is 13.7. The molecule has 0 saturated heterocycles. The average Bonchev–Trinajstić information content (AvgIpc) is 2.48. The van der Waals surface area contributed by atoms with Crippen LogP contribution in [0.15, 0.2) is 24.4 Å². The molecule has 0 aliphatic heterocycles. The van der Waals surface area contributed by atoms with Crippen molar-refractivity contribution >= 4 is 5.78 Å². The minimum atomic E-state index is -0.690. The highest BCUT2D eigenvalue weighted by atomic mass is 16.1. The fraction of sp³-hybridized carbons (Fsp3) is 0.562. The van der Waals surface area contributed by atoms with Crippen molar-refractivity contribution in [2.45, 2.75) is 50.9 Å². The minimum absolute atomic E-state index is 0.0202. The van der Waals surface area contributed by atoms with Gasteiger partial charge in [0.15, 0.2) is 5.78 Å². The lowest BCUT2D eigenvalue weighted by molar-refractivity contribution is -0.119. The topological polar surface area (TPSA) is 53.8 Å². The minimum Gasteiger partial charge on any atom is -0.298 e. The molecule has 0 bridgehead atoms. The van der Waals surface area contributed by atoms with Gasteiger partial charge in [-0.2, -0.15) is 5.26 Å². The SMILES string of the molecule is N#C[C@@H](C(=O)CCC1CCCCC1)c1ccccn1. The van der Waals surface area contributed by atoms with E-state index in [1.165, 1.54) is 32.1 Å². The van der Waals surface area contributed by atoms with Crippen molar-refractivity contribution in [2.24, 2.45) is 5.92 Å². The number of aromatic nitrogens is 1. The molecule has 3 nitrogen and oxygen atoms in total. The molecule has 1 atom stereocenters. The Bertz CT molecular complexity index is 444. The highest BCUT2D eigenvalue weighted by Crippen LogP contribution is 2.28. The molecule has 1 saturated carbocycles. The highest BCUT2D eigenvalue weighted by molar-refractivity contribution is 5.87. The predicted molar refractivity (Wildman–Crippen MR) is 73.4 cm³/mol. The van der Waals surface area contributed by atoms with Gasteiger partial charge >= 0.3 is 0 Å². The molecule has 0 spiro atoms. The van der Waals surface area contributed by atoms with Crippen molar-refractivity contribution < 1.29 is 4.79 Å². The van der Waals surface area contributed by atoms with E-state index in [0.717, 1.165) is 6.42 Å². The van der Waals surface area contributed by atoms with Gasteiger partial charge in [-0.1, -0.05) is 38.2 Å². The molecule has 2 rings (SSSR count). The van der Waals surface area contributed by atoms with Crippen molar-refractivity contribution in [3.63, 3.8) is 0 Å². The highest BCUT2D eigenvalue weighted by Gasteiger charge is 2.22. The van der Waals surface area contributed by atoms with Crippen molar-refractivity contribution in [1.82, 2.24) is 4.98 Å². The molecule has 1 aromatic rings. The molecule has 1 aliphatic carbocycles. The van der Waals surface area contributed by atoms with Crippen molar-refractivity contribution in [3.8, 4) is 6.07 Å². The molecule has 0 aromatic carbocycles. The van der Waals surface area contributed by atoms with Gasteiger partial charge in [-0.15, -0.1) is 0 Å². The van der Waals surface area contributed by atoms with E-state index in [1.54, 1.807) is 18.3 Å². The second-order valence-electron chi connectivity index (χ2n) is 5.33. The van der Waals surface area contributed by atoms with Gasteiger partial charge in [-0.25, -0.2) is 0 Å². The van der Waals surface area contributed by atoms with E-state index in [4.69, 9.17) is 0 Å². The van der Waals surface area contributed by atoms with E-state index in [-0.39, 0.29) is 5.78 Å². The summed E-state index contributed by atoms with van der Waals surface area (Å²) in [5.41, 5.74) is 0.582. The Kier molecular flexibility index (Phi) is 5.09. The van der Waals surface area contributed by atoms with Gasteiger partial charge in [0.2, 0.25) is 0 Å². The number of pyridine rings is 1. The molecule has 0 amide bonds. The molecule has 1 aromatic heterocycles. The largest absolute Gasteiger partial charge is 0.298 e. The monoisotopic (exact) mass is 256 g/mol. The summed E-state index contributed by atoms with van der Waals surface area (Å²) in [5, 5.41) is 9.18. The molecule has 1 fully saturated rings. The average molecular weight is 256 g/mol. The molecule has 0 N–H and O–H groups in total. The summed E-state index contributed by atoms with van der Waals surface area (Å²) in [4.78, 5) is 16.3. The van der Waals surface area contributed by atoms with Crippen LogP contribution in [0.1, 0.15) is 56.6 Å². The van der Waals surface area contributed by atoms with E-state index >= 15 is 0 Å². The second-order valence-corrected chi connectivity index (χ2v) is 5.33. The Balaban J connectivity index is 1.89. The predicted octanol–water partition coefficient (Wildman–Crippen LogP) is 3.62. The molecule has 100 valence electrons. The molecule has 0 radical (unpaired) electrons. The second kappa shape index (κ2) is 7.04. The number of hydrogen-bond acceptors (Lipinski definition) is 3. The van der Waals surface area contributed by atoms with Gasteiger partial charge in [-0.3, -0.25) is 9.78 Å². The number of rotatable bonds is 5. The Morgan fingerprint density at radius 3 is 2.79 bits per heavy atom. The van der Waals surface area contributed by atoms with E-state index in [2.05, 4.69) is 11.1 Å². The van der Waals surface area contributed by atoms with Gasteiger partial charge in [-0.05, 0) is 24.5 Å². The zero-order valence-electron chi connectivity index (χ0n) is 11.2. The summed E-state index contributed by atoms with van der Waals surface area (Å²) < 4.78 is 0. The van der Waals surface area contributed by atoms with E-state index < -0.39 is 5.92 Å². The number of nitriles is 1. The lowest BCUT2D eigenvalue weighted by Gasteiger charge is -2.21. The third kappa shape index (κ3) is 3.89. The van der Waals surface area contributed by atoms with Crippen LogP contribution >= 0.6 is 0 Å². The number of nitrogens with zero attached hydrogens (tertiary/aromatic N) is 2. The molecular weight excluding hydrogens is 236 g/mol. The fourth-order valence-electron chi connectivity index (χ4n) is 2.82. The first-order valence-corrected chi connectivity index (χ1v) is 7.14. The van der Waals surface area contributed by atoms with Gasteiger partial charge in [0, 0.05) is 12.6 Å². The van der Waals surface area contributed by atoms with E-state index in [9.17, 15) is 10.1 Å². The van der Waals surface area contributed by atoms with Crippen molar-refractivity contribution in [3.05, 3.63) is 30.1 Å². The summed E-state index contributed by atoms with van der Waals surface area (Å²) in [6.45, 7) is 0. The molecule has 1 heterocycles. The number of hydrogen-bond donors (Lipinski definition) is 0. The Morgan fingerprint density at radius 2 is 2.16 bits per heavy atom. The summed E-state index contributed by atoms with van der Waals surface area (Å²) in [7, 11) is 0. The first-order valence-electron chi connectivity index (χ1n) is 7.14. The van der Waals surface area contributed by atoms with Gasteiger partial charge in [0.05, 0.1) is 11.8 Å². The molecule has 1 aliphatic rings. The lowest BCUT2D eigenvalue weighted by atomic mass is 9.84. The number of carbonyl (C=O) groups excluding carboxylic acids is 1. The lowest BCUT2D eigenvalue weighted by Crippen LogP contribution is -2.15. The Labute approximate surface area is 114 Å². The third-order valence-electron chi connectivity index (χ3n) is 3.96. The quantitative estimate of drug-likeness (QED) is 0.808. The Morgan fingerprint density at radius 1 is 1.37 bits per heavy atom. The van der Waals surface area contributed by atoms with Gasteiger partial charge < -0.3 is 0 Å². The van der Waals surface area contributed by atoms with Gasteiger partial charge in [0.1, 0.15) is 5.92 Å². The van der Waals surface area contributed by atoms with Crippen LogP contribution in [0.5, 0.6) is 0 Å². The third-order valence-corrected chi connectivity index (χ3v) is 3.96. The summed E-state index contributed by atoms with van der Waals surface area (Å²) >= 11 is 0. The number of ketones is 1. The maximum absolute atomic E-state index is 12.2. The van der Waals surface area contributed by atoms with Crippen molar-refractivity contribution in [2.75, 3.05) is 0 Å². The smallest absolute Gasteiger partial charge is 0.156 e. The summed E-state index contributed by atoms with van der Waals surface area (Å²) in [6.07, 6.45) is 9.49. The molecule has 3 heteroatoms.